The SMILES string of the molecule is COc1cc(C(=O)N2CCC[C@@H](N)C2)cc2nc(-c3cc4ccsc4n3CC3CCC3)n(C)c12. The summed E-state index contributed by atoms with van der Waals surface area (Å²) in [6.07, 6.45) is 5.83. The lowest BCUT2D eigenvalue weighted by Crippen LogP contribution is -2.45. The number of carbonyl (C=O) groups is 1. The van der Waals surface area contributed by atoms with E-state index in [0.29, 0.717) is 17.9 Å². The summed E-state index contributed by atoms with van der Waals surface area (Å²) < 4.78 is 10.3. The summed E-state index contributed by atoms with van der Waals surface area (Å²) in [7, 11) is 3.69. The minimum absolute atomic E-state index is 0.00331. The third-order valence-electron chi connectivity index (χ3n) is 7.54. The maximum atomic E-state index is 13.3. The Morgan fingerprint density at radius 2 is 2.09 bits per heavy atom. The van der Waals surface area contributed by atoms with Gasteiger partial charge in [-0.3, -0.25) is 4.79 Å². The molecule has 1 aromatic carbocycles. The highest BCUT2D eigenvalue weighted by atomic mass is 32.1. The second-order valence-corrected chi connectivity index (χ2v) is 10.7. The van der Waals surface area contributed by atoms with E-state index in [2.05, 4.69) is 26.6 Å². The predicted octanol–water partition coefficient (Wildman–Crippen LogP) is 4.63. The first-order valence-electron chi connectivity index (χ1n) is 12.2. The Labute approximate surface area is 203 Å². The van der Waals surface area contributed by atoms with Crippen molar-refractivity contribution in [1.29, 1.82) is 0 Å². The van der Waals surface area contributed by atoms with Crippen LogP contribution in [0.2, 0.25) is 0 Å². The van der Waals surface area contributed by atoms with Crippen LogP contribution in [-0.4, -0.2) is 51.2 Å². The summed E-state index contributed by atoms with van der Waals surface area (Å²) in [6, 6.07) is 8.24. The molecule has 4 heterocycles. The molecular formula is C26H31N5O2S. The van der Waals surface area contributed by atoms with Gasteiger partial charge in [-0.25, -0.2) is 4.98 Å². The van der Waals surface area contributed by atoms with E-state index in [1.54, 1.807) is 18.4 Å². The second-order valence-electron chi connectivity index (χ2n) is 9.81. The lowest BCUT2D eigenvalue weighted by molar-refractivity contribution is 0.0708. The number of hydrogen-bond acceptors (Lipinski definition) is 5. The number of likely N-dealkylation sites (tertiary alicyclic amines) is 1. The maximum Gasteiger partial charge on any atom is 0.254 e. The zero-order valence-electron chi connectivity index (χ0n) is 19.8. The number of hydrogen-bond donors (Lipinski definition) is 1. The number of piperidine rings is 1. The fourth-order valence-electron chi connectivity index (χ4n) is 5.47. The van der Waals surface area contributed by atoms with Crippen LogP contribution in [0.15, 0.2) is 29.6 Å². The van der Waals surface area contributed by atoms with Gasteiger partial charge < -0.3 is 24.5 Å². The van der Waals surface area contributed by atoms with Crippen LogP contribution in [-0.2, 0) is 13.6 Å². The van der Waals surface area contributed by atoms with E-state index >= 15 is 0 Å². The van der Waals surface area contributed by atoms with Crippen LogP contribution >= 0.6 is 11.3 Å². The molecular weight excluding hydrogens is 446 g/mol. The smallest absolute Gasteiger partial charge is 0.254 e. The fraction of sp³-hybridized carbons (Fsp3) is 0.462. The second kappa shape index (κ2) is 8.43. The molecule has 178 valence electrons. The normalized spacial score (nSPS) is 19.1. The highest BCUT2D eigenvalue weighted by molar-refractivity contribution is 7.16. The first-order valence-corrected chi connectivity index (χ1v) is 13.1. The summed E-state index contributed by atoms with van der Waals surface area (Å²) in [5.74, 6) is 2.31. The summed E-state index contributed by atoms with van der Waals surface area (Å²) in [4.78, 5) is 21.5. The van der Waals surface area contributed by atoms with Gasteiger partial charge in [-0.05, 0) is 61.2 Å². The van der Waals surface area contributed by atoms with Gasteiger partial charge in [-0.15, -0.1) is 11.3 Å². The van der Waals surface area contributed by atoms with E-state index in [4.69, 9.17) is 15.5 Å². The topological polar surface area (TPSA) is 78.3 Å². The van der Waals surface area contributed by atoms with Crippen LogP contribution in [0.1, 0.15) is 42.5 Å². The molecule has 0 spiro atoms. The van der Waals surface area contributed by atoms with Gasteiger partial charge >= 0.3 is 0 Å². The first-order chi connectivity index (χ1) is 16.5. The van der Waals surface area contributed by atoms with E-state index in [-0.39, 0.29) is 11.9 Å². The number of imidazole rings is 1. The summed E-state index contributed by atoms with van der Waals surface area (Å²) in [6.45, 7) is 2.36. The zero-order valence-corrected chi connectivity index (χ0v) is 20.6. The van der Waals surface area contributed by atoms with E-state index in [1.807, 2.05) is 24.1 Å². The highest BCUT2D eigenvalue weighted by Gasteiger charge is 2.27. The van der Waals surface area contributed by atoms with Gasteiger partial charge in [0.05, 0.1) is 18.3 Å². The van der Waals surface area contributed by atoms with E-state index in [9.17, 15) is 4.79 Å². The number of thiophene rings is 1. The van der Waals surface area contributed by atoms with E-state index in [1.165, 1.54) is 29.5 Å². The van der Waals surface area contributed by atoms with Crippen LogP contribution in [0.25, 0.3) is 32.8 Å². The molecule has 6 rings (SSSR count). The first kappa shape index (κ1) is 21.7. The monoisotopic (exact) mass is 477 g/mol. The summed E-state index contributed by atoms with van der Waals surface area (Å²) in [5.41, 5.74) is 9.55. The molecule has 3 aromatic heterocycles. The van der Waals surface area contributed by atoms with Gasteiger partial charge in [0.25, 0.3) is 5.91 Å². The molecule has 1 atom stereocenters. The van der Waals surface area contributed by atoms with Gasteiger partial charge in [-0.2, -0.15) is 0 Å². The Bertz CT molecular complexity index is 1380. The van der Waals surface area contributed by atoms with Crippen LogP contribution in [0.3, 0.4) is 0 Å². The van der Waals surface area contributed by atoms with Crippen molar-refractivity contribution in [1.82, 2.24) is 19.0 Å². The van der Waals surface area contributed by atoms with Crippen molar-refractivity contribution in [2.24, 2.45) is 18.7 Å². The number of aryl methyl sites for hydroxylation is 1. The van der Waals surface area contributed by atoms with Crippen molar-refractivity contribution in [3.05, 3.63) is 35.2 Å². The van der Waals surface area contributed by atoms with Crippen molar-refractivity contribution in [3.63, 3.8) is 0 Å². The number of carbonyl (C=O) groups excluding carboxylic acids is 1. The molecule has 2 N–H and O–H groups in total. The molecule has 0 radical (unpaired) electrons. The van der Waals surface area contributed by atoms with Crippen LogP contribution in [0.5, 0.6) is 5.75 Å². The molecule has 8 heteroatoms. The lowest BCUT2D eigenvalue weighted by Gasteiger charge is -2.30. The molecule has 2 fully saturated rings. The molecule has 0 unspecified atom stereocenters. The molecule has 7 nitrogen and oxygen atoms in total. The van der Waals surface area contributed by atoms with Gasteiger partial charge in [0, 0.05) is 43.7 Å². The minimum atomic E-state index is -0.00331. The van der Waals surface area contributed by atoms with Gasteiger partial charge in [0.1, 0.15) is 16.1 Å². The minimum Gasteiger partial charge on any atom is -0.494 e. The molecule has 1 aliphatic carbocycles. The third kappa shape index (κ3) is 3.51. The largest absolute Gasteiger partial charge is 0.494 e. The predicted molar refractivity (Wildman–Crippen MR) is 137 cm³/mol. The zero-order chi connectivity index (χ0) is 23.4. The van der Waals surface area contributed by atoms with E-state index < -0.39 is 0 Å². The quantitative estimate of drug-likeness (QED) is 0.455. The Morgan fingerprint density at radius 1 is 1.24 bits per heavy atom. The number of fused-ring (bicyclic) bond motifs is 2. The van der Waals surface area contributed by atoms with Gasteiger partial charge in [0.15, 0.2) is 5.82 Å². The van der Waals surface area contributed by atoms with Crippen LogP contribution < -0.4 is 10.5 Å². The van der Waals surface area contributed by atoms with Gasteiger partial charge in [-0.1, -0.05) is 6.42 Å². The Morgan fingerprint density at radius 3 is 2.82 bits per heavy atom. The van der Waals surface area contributed by atoms with Crippen molar-refractivity contribution in [3.8, 4) is 17.3 Å². The molecule has 2 aliphatic rings. The van der Waals surface area contributed by atoms with Gasteiger partial charge in [0.2, 0.25) is 0 Å². The number of rotatable bonds is 5. The number of nitrogens with two attached hydrogens (primary N) is 1. The lowest BCUT2D eigenvalue weighted by atomic mass is 9.85. The van der Waals surface area contributed by atoms with Crippen LogP contribution in [0, 0.1) is 5.92 Å². The number of methoxy groups -OCH3 is 1. The highest BCUT2D eigenvalue weighted by Crippen LogP contribution is 2.38. The number of ether oxygens (including phenoxy) is 1. The fourth-order valence-corrected chi connectivity index (χ4v) is 6.38. The molecule has 1 aliphatic heterocycles. The Hall–Kier alpha value is -2.84. The summed E-state index contributed by atoms with van der Waals surface area (Å²) >= 11 is 1.79. The number of nitrogens with zero attached hydrogens (tertiary/aromatic N) is 4. The van der Waals surface area contributed by atoms with E-state index in [0.717, 1.165) is 54.4 Å². The van der Waals surface area contributed by atoms with Crippen molar-refractivity contribution in [2.45, 2.75) is 44.7 Å². The average Bonchev–Trinajstić information content (AvgIpc) is 3.48. The number of aromatic nitrogens is 3. The molecule has 1 saturated carbocycles. The van der Waals surface area contributed by atoms with Crippen molar-refractivity contribution in [2.75, 3.05) is 20.2 Å². The molecule has 4 aromatic rings. The standard InChI is InChI=1S/C26H31N5O2S/c1-29-23-20(11-18(13-22(23)33-2)25(32)30-9-4-7-19(27)15-30)28-24(29)21-12-17-8-10-34-26(17)31(21)14-16-5-3-6-16/h8,10-13,16,19H,3-7,9,14-15,27H2,1-2H3/t19-/m1/s1. The molecule has 1 saturated heterocycles. The Kier molecular flexibility index (Phi) is 5.37. The number of amides is 1. The number of benzene rings is 1. The molecule has 34 heavy (non-hydrogen) atoms. The summed E-state index contributed by atoms with van der Waals surface area (Å²) in [5, 5.41) is 3.42. The third-order valence-corrected chi connectivity index (χ3v) is 8.49. The van der Waals surface area contributed by atoms with Crippen molar-refractivity contribution < 1.29 is 9.53 Å². The molecule has 0 bridgehead atoms. The molecule has 1 amide bonds. The van der Waals surface area contributed by atoms with Crippen molar-refractivity contribution >= 4 is 38.5 Å². The maximum absolute atomic E-state index is 13.3. The average molecular weight is 478 g/mol. The Balaban J connectivity index is 1.45. The van der Waals surface area contributed by atoms with Crippen LogP contribution in [0.4, 0.5) is 0 Å².